The van der Waals surface area contributed by atoms with Crippen LogP contribution in [0.15, 0.2) is 23.2 Å². The van der Waals surface area contributed by atoms with Crippen LogP contribution >= 0.6 is 35.6 Å². The van der Waals surface area contributed by atoms with Gasteiger partial charge in [0.2, 0.25) is 5.91 Å². The van der Waals surface area contributed by atoms with Crippen molar-refractivity contribution in [2.24, 2.45) is 4.99 Å². The fraction of sp³-hybridized carbons (Fsp3) is 0.600. The molecule has 1 aromatic carbocycles. The van der Waals surface area contributed by atoms with E-state index in [1.807, 2.05) is 25.1 Å². The van der Waals surface area contributed by atoms with E-state index in [-0.39, 0.29) is 29.9 Å². The van der Waals surface area contributed by atoms with Gasteiger partial charge in [0.15, 0.2) is 5.96 Å². The van der Waals surface area contributed by atoms with Crippen molar-refractivity contribution in [2.75, 3.05) is 32.0 Å². The number of carbonyl (C=O) groups excluding carboxylic acids is 1. The van der Waals surface area contributed by atoms with Crippen molar-refractivity contribution in [3.05, 3.63) is 28.8 Å². The van der Waals surface area contributed by atoms with Crippen LogP contribution in [-0.2, 0) is 4.79 Å². The van der Waals surface area contributed by atoms with Gasteiger partial charge < -0.3 is 20.9 Å². The molecule has 2 rings (SSSR count). The third-order valence-corrected chi connectivity index (χ3v) is 5.42. The van der Waals surface area contributed by atoms with Crippen molar-refractivity contribution in [3.8, 4) is 0 Å². The number of hydrogen-bond acceptors (Lipinski definition) is 3. The smallest absolute Gasteiger partial charge is 0.226 e. The van der Waals surface area contributed by atoms with E-state index in [2.05, 4.69) is 39.7 Å². The lowest BCUT2D eigenvalue weighted by molar-refractivity contribution is -0.116. The van der Waals surface area contributed by atoms with Gasteiger partial charge in [-0.15, -0.1) is 24.0 Å². The van der Waals surface area contributed by atoms with E-state index in [1.54, 1.807) is 7.05 Å². The summed E-state index contributed by atoms with van der Waals surface area (Å²) in [6.07, 6.45) is 2.57. The minimum atomic E-state index is -0.0476. The zero-order valence-corrected chi connectivity index (χ0v) is 20.3. The monoisotopic (exact) mass is 521 g/mol. The third-order valence-electron chi connectivity index (χ3n) is 5.01. The topological polar surface area (TPSA) is 68.8 Å². The van der Waals surface area contributed by atoms with Crippen molar-refractivity contribution < 1.29 is 4.79 Å². The molecule has 1 fully saturated rings. The maximum atomic E-state index is 12.2. The number of carbonyl (C=O) groups is 1. The lowest BCUT2D eigenvalue weighted by atomic mass is 10.0. The van der Waals surface area contributed by atoms with E-state index in [0.29, 0.717) is 30.1 Å². The Morgan fingerprint density at radius 1 is 1.32 bits per heavy atom. The Morgan fingerprint density at radius 2 is 2.00 bits per heavy atom. The third kappa shape index (κ3) is 7.75. The molecule has 0 saturated carbocycles. The van der Waals surface area contributed by atoms with Gasteiger partial charge in [0.1, 0.15) is 0 Å². The first-order valence-electron chi connectivity index (χ1n) is 9.67. The number of halogens is 2. The lowest BCUT2D eigenvalue weighted by Gasteiger charge is -2.35. The van der Waals surface area contributed by atoms with Crippen molar-refractivity contribution in [1.82, 2.24) is 15.5 Å². The number of rotatable bonds is 6. The van der Waals surface area contributed by atoms with Crippen LogP contribution in [0.4, 0.5) is 5.69 Å². The summed E-state index contributed by atoms with van der Waals surface area (Å²) in [4.78, 5) is 18.9. The zero-order valence-electron chi connectivity index (χ0n) is 17.2. The quantitative estimate of drug-likeness (QED) is 0.304. The van der Waals surface area contributed by atoms with Gasteiger partial charge in [-0.2, -0.15) is 0 Å². The molecule has 6 nitrogen and oxygen atoms in total. The molecule has 0 atom stereocenters. The van der Waals surface area contributed by atoms with Gasteiger partial charge in [-0.25, -0.2) is 0 Å². The van der Waals surface area contributed by atoms with E-state index in [4.69, 9.17) is 11.6 Å². The minimum absolute atomic E-state index is 0. The number of benzene rings is 1. The molecule has 1 amide bonds. The van der Waals surface area contributed by atoms with Crippen LogP contribution in [0.3, 0.4) is 0 Å². The zero-order chi connectivity index (χ0) is 19.8. The number of likely N-dealkylation sites (tertiary alicyclic amines) is 1. The highest BCUT2D eigenvalue weighted by atomic mass is 127. The Bertz CT molecular complexity index is 660. The second kappa shape index (κ2) is 12.5. The van der Waals surface area contributed by atoms with Crippen LogP contribution < -0.4 is 16.0 Å². The number of anilines is 1. The molecular weight excluding hydrogens is 489 g/mol. The number of piperidine rings is 1. The Labute approximate surface area is 190 Å². The first-order valence-corrected chi connectivity index (χ1v) is 10.0. The van der Waals surface area contributed by atoms with Crippen molar-refractivity contribution in [1.29, 1.82) is 0 Å². The molecule has 28 heavy (non-hydrogen) atoms. The van der Waals surface area contributed by atoms with E-state index in [9.17, 15) is 4.79 Å². The van der Waals surface area contributed by atoms with Crippen molar-refractivity contribution in [3.63, 3.8) is 0 Å². The van der Waals surface area contributed by atoms with Gasteiger partial charge in [-0.05, 0) is 51.3 Å². The van der Waals surface area contributed by atoms with E-state index < -0.39 is 0 Å². The number of amides is 1. The molecule has 0 aliphatic carbocycles. The van der Waals surface area contributed by atoms with Crippen LogP contribution in [0, 0.1) is 6.92 Å². The number of nitrogens with one attached hydrogen (secondary N) is 3. The molecule has 0 spiro atoms. The van der Waals surface area contributed by atoms with Gasteiger partial charge >= 0.3 is 0 Å². The standard InChI is InChI=1S/C20H32ClN5O.HI/c1-14(2)26-12-9-16(10-13-26)24-20(22-4)23-11-8-19(27)25-18-7-5-6-17(21)15(18)3;/h5-7,14,16H,8-13H2,1-4H3,(H,25,27)(H2,22,23,24);1H. The molecule has 1 aliphatic heterocycles. The first-order chi connectivity index (χ1) is 12.9. The van der Waals surface area contributed by atoms with Gasteiger partial charge in [-0.3, -0.25) is 9.79 Å². The molecule has 1 aromatic rings. The fourth-order valence-electron chi connectivity index (χ4n) is 3.20. The number of hydrogen-bond donors (Lipinski definition) is 3. The number of guanidine groups is 1. The average Bonchev–Trinajstić information content (AvgIpc) is 2.65. The average molecular weight is 522 g/mol. The largest absolute Gasteiger partial charge is 0.356 e. The van der Waals surface area contributed by atoms with E-state index in [0.717, 1.165) is 43.1 Å². The molecule has 1 saturated heterocycles. The SMILES string of the molecule is CN=C(NCCC(=O)Nc1cccc(Cl)c1C)NC1CCN(C(C)C)CC1.I. The molecule has 0 aromatic heterocycles. The Balaban J connectivity index is 0.00000392. The second-order valence-electron chi connectivity index (χ2n) is 7.26. The molecule has 0 bridgehead atoms. The summed E-state index contributed by atoms with van der Waals surface area (Å²) < 4.78 is 0. The molecule has 158 valence electrons. The number of nitrogens with zero attached hydrogens (tertiary/aromatic N) is 2. The van der Waals surface area contributed by atoms with Crippen LogP contribution in [0.2, 0.25) is 5.02 Å². The molecular formula is C20H33ClIN5O. The Hall–Kier alpha value is -1.06. The van der Waals surface area contributed by atoms with E-state index >= 15 is 0 Å². The molecule has 8 heteroatoms. The molecule has 3 N–H and O–H groups in total. The second-order valence-corrected chi connectivity index (χ2v) is 7.67. The van der Waals surface area contributed by atoms with Crippen molar-refractivity contribution >= 4 is 53.1 Å². The van der Waals surface area contributed by atoms with Gasteiger partial charge in [0, 0.05) is 55.9 Å². The maximum absolute atomic E-state index is 12.2. The van der Waals surface area contributed by atoms with Gasteiger partial charge in [0.25, 0.3) is 0 Å². The maximum Gasteiger partial charge on any atom is 0.226 e. The summed E-state index contributed by atoms with van der Waals surface area (Å²) in [7, 11) is 1.76. The van der Waals surface area contributed by atoms with Gasteiger partial charge in [-0.1, -0.05) is 17.7 Å². The lowest BCUT2D eigenvalue weighted by Crippen LogP contribution is -2.50. The highest BCUT2D eigenvalue weighted by Gasteiger charge is 2.21. The Morgan fingerprint density at radius 3 is 2.61 bits per heavy atom. The number of aliphatic imine (C=N–C) groups is 1. The van der Waals surface area contributed by atoms with Crippen molar-refractivity contribution in [2.45, 2.75) is 52.1 Å². The fourth-order valence-corrected chi connectivity index (χ4v) is 3.37. The summed E-state index contributed by atoms with van der Waals surface area (Å²) in [5.74, 6) is 0.707. The summed E-state index contributed by atoms with van der Waals surface area (Å²) in [5, 5.41) is 10.3. The van der Waals surface area contributed by atoms with Crippen LogP contribution in [-0.4, -0.2) is 55.5 Å². The van der Waals surface area contributed by atoms with Crippen LogP contribution in [0.25, 0.3) is 0 Å². The van der Waals surface area contributed by atoms with E-state index in [1.165, 1.54) is 0 Å². The predicted octanol–water partition coefficient (Wildman–Crippen LogP) is 3.63. The van der Waals surface area contributed by atoms with Gasteiger partial charge in [0.05, 0.1) is 0 Å². The highest BCUT2D eigenvalue weighted by molar-refractivity contribution is 14.0. The molecule has 0 unspecified atom stereocenters. The molecule has 0 radical (unpaired) electrons. The first kappa shape index (κ1) is 25.0. The van der Waals surface area contributed by atoms with Crippen LogP contribution in [0.1, 0.15) is 38.7 Å². The molecule has 1 heterocycles. The Kier molecular flexibility index (Phi) is 11.1. The summed E-state index contributed by atoms with van der Waals surface area (Å²) in [6.45, 7) is 9.11. The highest BCUT2D eigenvalue weighted by Crippen LogP contribution is 2.22. The summed E-state index contributed by atoms with van der Waals surface area (Å²) in [5.41, 5.74) is 1.64. The minimum Gasteiger partial charge on any atom is -0.356 e. The predicted molar refractivity (Wildman–Crippen MR) is 129 cm³/mol. The summed E-state index contributed by atoms with van der Waals surface area (Å²) in [6, 6.07) is 6.53. The summed E-state index contributed by atoms with van der Waals surface area (Å²) >= 11 is 6.09. The molecule has 1 aliphatic rings. The normalized spacial score (nSPS) is 15.9. The van der Waals surface area contributed by atoms with Crippen LogP contribution in [0.5, 0.6) is 0 Å².